The van der Waals surface area contributed by atoms with E-state index >= 15 is 0 Å². The van der Waals surface area contributed by atoms with Crippen molar-refractivity contribution in [3.05, 3.63) is 56.3 Å². The minimum atomic E-state index is -0.310. The fraction of sp³-hybridized carbons (Fsp3) is 0.278. The first kappa shape index (κ1) is 17.0. The molecule has 1 aromatic carbocycles. The molecule has 0 atom stereocenters. The molecule has 3 nitrogen and oxygen atoms in total. The number of carbonyl (C=O) groups is 1. The lowest BCUT2D eigenvalue weighted by Gasteiger charge is -2.32. The number of quaternary nitrogens is 1. The zero-order chi connectivity index (χ0) is 17.4. The van der Waals surface area contributed by atoms with Crippen LogP contribution in [0.1, 0.15) is 15.2 Å². The van der Waals surface area contributed by atoms with Gasteiger partial charge in [0.05, 0.1) is 31.2 Å². The van der Waals surface area contributed by atoms with Crippen LogP contribution in [0.25, 0.3) is 10.1 Å². The highest BCUT2D eigenvalue weighted by Gasteiger charge is 2.27. The Kier molecular flexibility index (Phi) is 4.78. The molecule has 1 saturated heterocycles. The zero-order valence-electron chi connectivity index (χ0n) is 13.4. The van der Waals surface area contributed by atoms with Crippen LogP contribution in [0.15, 0.2) is 35.0 Å². The number of nitrogens with zero attached hydrogens (tertiary/aromatic N) is 1. The maximum Gasteiger partial charge on any atom is 0.265 e. The summed E-state index contributed by atoms with van der Waals surface area (Å²) in [6, 6.07) is 6.61. The first-order chi connectivity index (χ1) is 12.1. The van der Waals surface area contributed by atoms with Gasteiger partial charge in [-0.25, -0.2) is 4.39 Å². The molecule has 1 amide bonds. The molecule has 0 unspecified atom stereocenters. The molecule has 2 aromatic heterocycles. The lowest BCUT2D eigenvalue weighted by molar-refractivity contribution is -0.917. The average molecular weight is 396 g/mol. The molecule has 0 radical (unpaired) electrons. The topological polar surface area (TPSA) is 24.8 Å². The third kappa shape index (κ3) is 3.44. The zero-order valence-corrected chi connectivity index (χ0v) is 15.8. The average Bonchev–Trinajstić information content (AvgIpc) is 3.23. The van der Waals surface area contributed by atoms with Crippen LogP contribution in [0.2, 0.25) is 5.02 Å². The Bertz CT molecular complexity index is 901. The summed E-state index contributed by atoms with van der Waals surface area (Å²) >= 11 is 9.38. The van der Waals surface area contributed by atoms with Gasteiger partial charge in [-0.1, -0.05) is 11.6 Å². The van der Waals surface area contributed by atoms with Gasteiger partial charge in [0.1, 0.15) is 17.2 Å². The molecule has 1 N–H and O–H groups in total. The van der Waals surface area contributed by atoms with Crippen molar-refractivity contribution in [2.45, 2.75) is 6.54 Å². The summed E-state index contributed by atoms with van der Waals surface area (Å²) in [4.78, 5) is 16.7. The smallest absolute Gasteiger partial charge is 0.265 e. The molecule has 0 spiro atoms. The summed E-state index contributed by atoms with van der Waals surface area (Å²) in [5.74, 6) is -0.351. The van der Waals surface area contributed by atoms with Crippen LogP contribution in [-0.2, 0) is 6.54 Å². The first-order valence-electron chi connectivity index (χ1n) is 8.13. The molecule has 1 aliphatic heterocycles. The molecule has 25 heavy (non-hydrogen) atoms. The summed E-state index contributed by atoms with van der Waals surface area (Å²) in [5, 5.41) is 5.47. The van der Waals surface area contributed by atoms with Gasteiger partial charge in [0, 0.05) is 15.6 Å². The quantitative estimate of drug-likeness (QED) is 0.723. The van der Waals surface area contributed by atoms with Crippen LogP contribution in [0.3, 0.4) is 0 Å². The van der Waals surface area contributed by atoms with Crippen molar-refractivity contribution >= 4 is 50.3 Å². The number of fused-ring (bicyclic) bond motifs is 1. The highest BCUT2D eigenvalue weighted by Crippen LogP contribution is 2.36. The largest absolute Gasteiger partial charge is 0.328 e. The van der Waals surface area contributed by atoms with Gasteiger partial charge in [0.15, 0.2) is 0 Å². The SMILES string of the molecule is O=C(c1sc2cc(F)ccc2c1Cl)N1CC[NH+](Cc2ccsc2)CC1. The van der Waals surface area contributed by atoms with Crippen LogP contribution in [0, 0.1) is 5.82 Å². The predicted molar refractivity (Wildman–Crippen MR) is 101 cm³/mol. The summed E-state index contributed by atoms with van der Waals surface area (Å²) in [6.45, 7) is 4.31. The Labute approximate surface area is 158 Å². The molecule has 1 fully saturated rings. The van der Waals surface area contributed by atoms with Crippen molar-refractivity contribution in [3.63, 3.8) is 0 Å². The minimum absolute atomic E-state index is 0.0406. The Morgan fingerprint density at radius 2 is 2.08 bits per heavy atom. The van der Waals surface area contributed by atoms with E-state index in [9.17, 15) is 9.18 Å². The van der Waals surface area contributed by atoms with Crippen molar-refractivity contribution in [3.8, 4) is 0 Å². The van der Waals surface area contributed by atoms with E-state index in [2.05, 4.69) is 16.8 Å². The van der Waals surface area contributed by atoms with E-state index in [0.717, 1.165) is 42.8 Å². The van der Waals surface area contributed by atoms with Crippen molar-refractivity contribution in [1.82, 2.24) is 4.90 Å². The summed E-state index contributed by atoms with van der Waals surface area (Å²) in [6.07, 6.45) is 0. The fourth-order valence-electron chi connectivity index (χ4n) is 3.20. The van der Waals surface area contributed by atoms with Gasteiger partial charge in [-0.2, -0.15) is 11.3 Å². The van der Waals surface area contributed by atoms with E-state index in [4.69, 9.17) is 11.6 Å². The van der Waals surface area contributed by atoms with E-state index < -0.39 is 0 Å². The monoisotopic (exact) mass is 395 g/mol. The Hall–Kier alpha value is -1.47. The van der Waals surface area contributed by atoms with Gasteiger partial charge >= 0.3 is 0 Å². The molecule has 0 saturated carbocycles. The van der Waals surface area contributed by atoms with Crippen LogP contribution >= 0.6 is 34.3 Å². The number of benzene rings is 1. The number of hydrogen-bond donors (Lipinski definition) is 1. The number of thiophene rings is 2. The third-order valence-electron chi connectivity index (χ3n) is 4.58. The van der Waals surface area contributed by atoms with E-state index in [1.54, 1.807) is 17.4 Å². The highest BCUT2D eigenvalue weighted by atomic mass is 35.5. The summed E-state index contributed by atoms with van der Waals surface area (Å²) in [5.41, 5.74) is 1.36. The Morgan fingerprint density at radius 3 is 2.80 bits per heavy atom. The number of rotatable bonds is 3. The van der Waals surface area contributed by atoms with E-state index in [0.29, 0.717) is 9.90 Å². The molecular formula is C18H17ClFN2OS2+. The molecule has 0 aliphatic carbocycles. The number of hydrogen-bond acceptors (Lipinski definition) is 3. The number of amides is 1. The summed E-state index contributed by atoms with van der Waals surface area (Å²) < 4.78 is 14.1. The fourth-order valence-corrected chi connectivity index (χ4v) is 5.38. The Balaban J connectivity index is 1.46. The molecule has 3 heterocycles. The number of halogens is 2. The number of nitrogens with one attached hydrogen (secondary N) is 1. The van der Waals surface area contributed by atoms with Crippen LogP contribution in [0.5, 0.6) is 0 Å². The van der Waals surface area contributed by atoms with Crippen molar-refractivity contribution in [1.29, 1.82) is 0 Å². The van der Waals surface area contributed by atoms with Gasteiger partial charge in [0.2, 0.25) is 0 Å². The van der Waals surface area contributed by atoms with Gasteiger partial charge in [-0.15, -0.1) is 11.3 Å². The van der Waals surface area contributed by atoms with Crippen molar-refractivity contribution in [2.24, 2.45) is 0 Å². The van der Waals surface area contributed by atoms with Crippen molar-refractivity contribution in [2.75, 3.05) is 26.2 Å². The maximum absolute atomic E-state index is 13.4. The molecular weight excluding hydrogens is 379 g/mol. The van der Waals surface area contributed by atoms with Crippen LogP contribution < -0.4 is 4.90 Å². The minimum Gasteiger partial charge on any atom is -0.328 e. The lowest BCUT2D eigenvalue weighted by Crippen LogP contribution is -3.13. The van der Waals surface area contributed by atoms with E-state index in [1.807, 2.05) is 4.90 Å². The van der Waals surface area contributed by atoms with E-state index in [-0.39, 0.29) is 11.7 Å². The van der Waals surface area contributed by atoms with Gasteiger partial charge < -0.3 is 9.80 Å². The van der Waals surface area contributed by atoms with E-state index in [1.165, 1.54) is 33.9 Å². The Morgan fingerprint density at radius 1 is 1.28 bits per heavy atom. The summed E-state index contributed by atoms with van der Waals surface area (Å²) in [7, 11) is 0. The number of carbonyl (C=O) groups excluding carboxylic acids is 1. The molecule has 0 bridgehead atoms. The highest BCUT2D eigenvalue weighted by molar-refractivity contribution is 7.21. The second kappa shape index (κ2) is 7.03. The first-order valence-corrected chi connectivity index (χ1v) is 10.3. The van der Waals surface area contributed by atoms with Crippen molar-refractivity contribution < 1.29 is 14.1 Å². The third-order valence-corrected chi connectivity index (χ3v) is 6.95. The molecule has 130 valence electrons. The van der Waals surface area contributed by atoms with Gasteiger partial charge in [-0.3, -0.25) is 4.79 Å². The lowest BCUT2D eigenvalue weighted by atomic mass is 10.2. The van der Waals surface area contributed by atoms with Gasteiger partial charge in [-0.05, 0) is 35.0 Å². The standard InChI is InChI=1S/C18H16ClFN2OS2/c19-16-14-2-1-13(20)9-15(14)25-17(16)18(23)22-6-4-21(5-7-22)10-12-3-8-24-11-12/h1-3,8-9,11H,4-7,10H2/p+1. The molecule has 1 aliphatic rings. The predicted octanol–water partition coefficient (Wildman–Crippen LogP) is 3.30. The molecule has 3 aromatic rings. The van der Waals surface area contributed by atoms with Gasteiger partial charge in [0.25, 0.3) is 5.91 Å². The second-order valence-electron chi connectivity index (χ2n) is 6.24. The normalized spacial score (nSPS) is 15.8. The molecule has 7 heteroatoms. The van der Waals surface area contributed by atoms with Crippen LogP contribution in [-0.4, -0.2) is 37.0 Å². The maximum atomic E-state index is 13.4. The molecule has 4 rings (SSSR count). The number of piperazine rings is 1. The second-order valence-corrected chi connectivity index (χ2v) is 8.45. The van der Waals surface area contributed by atoms with Crippen LogP contribution in [0.4, 0.5) is 4.39 Å².